The van der Waals surface area contributed by atoms with Gasteiger partial charge in [0.15, 0.2) is 5.11 Å². The van der Waals surface area contributed by atoms with Gasteiger partial charge in [-0.05, 0) is 74.7 Å². The second kappa shape index (κ2) is 8.30. The molecule has 0 amide bonds. The van der Waals surface area contributed by atoms with Crippen molar-refractivity contribution in [1.29, 1.82) is 0 Å². The number of rotatable bonds is 4. The van der Waals surface area contributed by atoms with Gasteiger partial charge in [0.1, 0.15) is 11.2 Å². The molecule has 1 aromatic carbocycles. The molecule has 3 aromatic rings. The molecule has 0 bridgehead atoms. The van der Waals surface area contributed by atoms with Gasteiger partial charge in [-0.3, -0.25) is 10.2 Å². The number of aromatic nitrogens is 2. The van der Waals surface area contributed by atoms with E-state index >= 15 is 0 Å². The number of thiophene rings is 1. The van der Waals surface area contributed by atoms with Gasteiger partial charge in [-0.2, -0.15) is 0 Å². The van der Waals surface area contributed by atoms with E-state index in [0.29, 0.717) is 23.2 Å². The topological polar surface area (TPSA) is 85.2 Å². The van der Waals surface area contributed by atoms with Crippen LogP contribution in [0.15, 0.2) is 35.4 Å². The van der Waals surface area contributed by atoms with E-state index in [1.807, 2.05) is 0 Å². The summed E-state index contributed by atoms with van der Waals surface area (Å²) in [5, 5.41) is 3.95. The lowest BCUT2D eigenvalue weighted by Gasteiger charge is -2.13. The van der Waals surface area contributed by atoms with Gasteiger partial charge in [0, 0.05) is 10.6 Å². The average molecular weight is 429 g/mol. The number of hydrogen-bond acceptors (Lipinski definition) is 6. The highest BCUT2D eigenvalue weighted by Gasteiger charge is 2.20. The predicted molar refractivity (Wildman–Crippen MR) is 119 cm³/mol. The molecule has 0 atom stereocenters. The third kappa shape index (κ3) is 4.01. The van der Waals surface area contributed by atoms with E-state index in [4.69, 9.17) is 17.0 Å². The van der Waals surface area contributed by atoms with Crippen LogP contribution in [-0.4, -0.2) is 27.3 Å². The molecule has 1 aliphatic carbocycles. The van der Waals surface area contributed by atoms with Crippen LogP contribution in [0.4, 0.5) is 5.69 Å². The summed E-state index contributed by atoms with van der Waals surface area (Å²) in [5.74, 6) is -0.371. The molecule has 4 rings (SSSR count). The van der Waals surface area contributed by atoms with E-state index in [2.05, 4.69) is 15.7 Å². The number of anilines is 1. The van der Waals surface area contributed by atoms with Crippen LogP contribution in [0.2, 0.25) is 0 Å². The average Bonchev–Trinajstić information content (AvgIpc) is 3.10. The SMILES string of the molecule is CCOC(=O)c1ccc(NC(=S)Nn2cnc3sc4c(c3c2=O)CCCC4)cc1. The number of fused-ring (bicyclic) bond motifs is 3. The van der Waals surface area contributed by atoms with Gasteiger partial charge in [0.25, 0.3) is 5.56 Å². The Balaban J connectivity index is 1.50. The highest BCUT2D eigenvalue weighted by atomic mass is 32.1. The van der Waals surface area contributed by atoms with Crippen molar-refractivity contribution in [3.05, 3.63) is 57.0 Å². The molecular formula is C20H20N4O3S2. The Morgan fingerprint density at radius 3 is 2.79 bits per heavy atom. The van der Waals surface area contributed by atoms with Gasteiger partial charge in [-0.15, -0.1) is 11.3 Å². The molecule has 0 aliphatic heterocycles. The minimum absolute atomic E-state index is 0.142. The molecule has 2 aromatic heterocycles. The zero-order valence-corrected chi connectivity index (χ0v) is 17.5. The summed E-state index contributed by atoms with van der Waals surface area (Å²) >= 11 is 6.94. The lowest BCUT2D eigenvalue weighted by Crippen LogP contribution is -2.35. The summed E-state index contributed by atoms with van der Waals surface area (Å²) in [4.78, 5) is 31.2. The van der Waals surface area contributed by atoms with Crippen LogP contribution in [-0.2, 0) is 17.6 Å². The summed E-state index contributed by atoms with van der Waals surface area (Å²) < 4.78 is 6.28. The van der Waals surface area contributed by atoms with Crippen LogP contribution < -0.4 is 16.3 Å². The number of carbonyl (C=O) groups is 1. The first kappa shape index (κ1) is 19.5. The van der Waals surface area contributed by atoms with Crippen LogP contribution in [0.1, 0.15) is 40.6 Å². The third-order valence-corrected chi connectivity index (χ3v) is 6.14. The summed E-state index contributed by atoms with van der Waals surface area (Å²) in [6.07, 6.45) is 5.67. The Morgan fingerprint density at radius 1 is 1.28 bits per heavy atom. The fourth-order valence-corrected chi connectivity index (χ4v) is 4.83. The Bertz CT molecular complexity index is 1140. The smallest absolute Gasteiger partial charge is 0.338 e. The zero-order valence-electron chi connectivity index (χ0n) is 15.9. The lowest BCUT2D eigenvalue weighted by atomic mass is 9.97. The standard InChI is InChI=1S/C20H20N4O3S2/c1-2-27-19(26)12-7-9-13(10-8-12)22-20(28)23-24-11-21-17-16(18(24)25)14-5-3-4-6-15(14)29-17/h7-11H,2-6H2,1H3,(H2,22,23,28). The molecule has 7 nitrogen and oxygen atoms in total. The molecule has 0 saturated carbocycles. The number of nitrogens with zero attached hydrogens (tertiary/aromatic N) is 2. The summed E-state index contributed by atoms with van der Waals surface area (Å²) in [7, 11) is 0. The van der Waals surface area contributed by atoms with Crippen LogP contribution in [0.25, 0.3) is 10.2 Å². The van der Waals surface area contributed by atoms with E-state index < -0.39 is 0 Å². The summed E-state index contributed by atoms with van der Waals surface area (Å²) in [6, 6.07) is 6.75. The maximum Gasteiger partial charge on any atom is 0.338 e. The molecule has 2 N–H and O–H groups in total. The molecule has 2 heterocycles. The van der Waals surface area contributed by atoms with Gasteiger partial charge >= 0.3 is 5.97 Å². The second-order valence-electron chi connectivity index (χ2n) is 6.67. The molecule has 0 unspecified atom stereocenters. The lowest BCUT2D eigenvalue weighted by molar-refractivity contribution is 0.0526. The number of esters is 1. The van der Waals surface area contributed by atoms with Crippen molar-refractivity contribution < 1.29 is 9.53 Å². The number of ether oxygens (including phenoxy) is 1. The Morgan fingerprint density at radius 2 is 2.03 bits per heavy atom. The van der Waals surface area contributed by atoms with Crippen molar-refractivity contribution in [1.82, 2.24) is 9.66 Å². The van der Waals surface area contributed by atoms with Crippen molar-refractivity contribution in [2.24, 2.45) is 0 Å². The molecule has 9 heteroatoms. The van der Waals surface area contributed by atoms with Crippen molar-refractivity contribution in [3.63, 3.8) is 0 Å². The van der Waals surface area contributed by atoms with Crippen molar-refractivity contribution in [2.45, 2.75) is 32.6 Å². The molecule has 0 radical (unpaired) electrons. The Kier molecular flexibility index (Phi) is 5.59. The number of aryl methyl sites for hydroxylation is 2. The quantitative estimate of drug-likeness (QED) is 0.486. The Hall–Kier alpha value is -2.78. The van der Waals surface area contributed by atoms with E-state index in [9.17, 15) is 9.59 Å². The largest absolute Gasteiger partial charge is 0.462 e. The maximum absolute atomic E-state index is 13.0. The van der Waals surface area contributed by atoms with Gasteiger partial charge in [-0.25, -0.2) is 14.5 Å². The van der Waals surface area contributed by atoms with E-state index in [1.54, 1.807) is 42.5 Å². The minimum Gasteiger partial charge on any atom is -0.462 e. The first-order valence-electron chi connectivity index (χ1n) is 9.44. The summed E-state index contributed by atoms with van der Waals surface area (Å²) in [6.45, 7) is 2.09. The van der Waals surface area contributed by atoms with Crippen molar-refractivity contribution in [3.8, 4) is 0 Å². The number of benzene rings is 1. The second-order valence-corrected chi connectivity index (χ2v) is 8.17. The fraction of sp³-hybridized carbons (Fsp3) is 0.300. The first-order valence-corrected chi connectivity index (χ1v) is 10.7. The highest BCUT2D eigenvalue weighted by molar-refractivity contribution is 7.80. The Labute approximate surface area is 176 Å². The van der Waals surface area contributed by atoms with Crippen LogP contribution in [0.3, 0.4) is 0 Å². The highest BCUT2D eigenvalue weighted by Crippen LogP contribution is 2.33. The van der Waals surface area contributed by atoms with E-state index in [-0.39, 0.29) is 16.6 Å². The molecule has 1 aliphatic rings. The maximum atomic E-state index is 13.0. The monoisotopic (exact) mass is 428 g/mol. The van der Waals surface area contributed by atoms with Gasteiger partial charge in [0.2, 0.25) is 0 Å². The van der Waals surface area contributed by atoms with Gasteiger partial charge in [-0.1, -0.05) is 0 Å². The number of carbonyl (C=O) groups excluding carboxylic acids is 1. The van der Waals surface area contributed by atoms with Crippen molar-refractivity contribution >= 4 is 50.5 Å². The fourth-order valence-electron chi connectivity index (χ4n) is 3.40. The minimum atomic E-state index is -0.371. The van der Waals surface area contributed by atoms with Crippen LogP contribution >= 0.6 is 23.6 Å². The number of thiocarbonyl (C=S) groups is 1. The molecule has 150 valence electrons. The number of nitrogens with one attached hydrogen (secondary N) is 2. The molecular weight excluding hydrogens is 408 g/mol. The third-order valence-electron chi connectivity index (χ3n) is 4.75. The number of hydrogen-bond donors (Lipinski definition) is 2. The van der Waals surface area contributed by atoms with Crippen molar-refractivity contribution in [2.75, 3.05) is 17.3 Å². The molecule has 29 heavy (non-hydrogen) atoms. The van der Waals surface area contributed by atoms with Crippen LogP contribution in [0, 0.1) is 0 Å². The first-order chi connectivity index (χ1) is 14.1. The molecule has 0 fully saturated rings. The summed E-state index contributed by atoms with van der Waals surface area (Å²) in [5.41, 5.74) is 5.02. The molecule has 0 saturated heterocycles. The normalized spacial score (nSPS) is 13.0. The van der Waals surface area contributed by atoms with Gasteiger partial charge in [0.05, 0.1) is 17.6 Å². The van der Waals surface area contributed by atoms with Crippen LogP contribution in [0.5, 0.6) is 0 Å². The predicted octanol–water partition coefficient (Wildman–Crippen LogP) is 3.45. The zero-order chi connectivity index (χ0) is 20.4. The molecule has 0 spiro atoms. The van der Waals surface area contributed by atoms with Gasteiger partial charge < -0.3 is 10.1 Å². The van der Waals surface area contributed by atoms with E-state index in [0.717, 1.165) is 36.1 Å². The van der Waals surface area contributed by atoms with E-state index in [1.165, 1.54) is 15.9 Å².